The first-order chi connectivity index (χ1) is 12.3. The minimum Gasteiger partial charge on any atom is -0.466 e. The fourth-order valence-corrected chi connectivity index (χ4v) is 3.42. The second kappa shape index (κ2) is 10.3. The quantitative estimate of drug-likeness (QED) is 0.327. The Balaban J connectivity index is 2.98. The second-order valence-corrected chi connectivity index (χ2v) is 6.70. The topological polar surface area (TPSA) is 102 Å². The molecule has 1 saturated heterocycles. The highest BCUT2D eigenvalue weighted by atomic mass is 16.5. The molecule has 0 saturated carbocycles. The third kappa shape index (κ3) is 5.06. The number of carbonyl (C=O) groups is 3. The first-order valence-corrected chi connectivity index (χ1v) is 9.27. The zero-order chi connectivity index (χ0) is 19.7. The summed E-state index contributed by atoms with van der Waals surface area (Å²) >= 11 is 0. The summed E-state index contributed by atoms with van der Waals surface area (Å²) in [7, 11) is 0. The van der Waals surface area contributed by atoms with E-state index in [4.69, 9.17) is 9.47 Å². The molecule has 5 atom stereocenters. The molecule has 0 bridgehead atoms. The molecule has 148 valence electrons. The maximum atomic E-state index is 12.5. The molecule has 1 aliphatic heterocycles. The Morgan fingerprint density at radius 3 is 2.62 bits per heavy atom. The van der Waals surface area contributed by atoms with Gasteiger partial charge in [0, 0.05) is 12.3 Å². The summed E-state index contributed by atoms with van der Waals surface area (Å²) < 4.78 is 10.4. The number of amides is 1. The van der Waals surface area contributed by atoms with E-state index < -0.39 is 23.7 Å². The summed E-state index contributed by atoms with van der Waals surface area (Å²) in [5.74, 6) is -1.55. The normalized spacial score (nSPS) is 27.8. The molecule has 1 aliphatic rings. The molecule has 2 N–H and O–H groups in total. The predicted octanol–water partition coefficient (Wildman–Crippen LogP) is 1.73. The molecule has 0 unspecified atom stereocenters. The van der Waals surface area contributed by atoms with Gasteiger partial charge in [-0.3, -0.25) is 14.4 Å². The van der Waals surface area contributed by atoms with Crippen molar-refractivity contribution in [3.63, 3.8) is 0 Å². The summed E-state index contributed by atoms with van der Waals surface area (Å²) in [6, 6.07) is -0.737. The van der Waals surface area contributed by atoms with Gasteiger partial charge >= 0.3 is 5.97 Å². The minimum atomic E-state index is -1.22. The van der Waals surface area contributed by atoms with Crippen molar-refractivity contribution in [3.05, 3.63) is 12.2 Å². The van der Waals surface area contributed by atoms with Crippen LogP contribution in [0.1, 0.15) is 53.4 Å². The maximum absolute atomic E-state index is 12.5. The monoisotopic (exact) mass is 369 g/mol. The van der Waals surface area contributed by atoms with Gasteiger partial charge in [0.1, 0.15) is 5.60 Å². The van der Waals surface area contributed by atoms with E-state index >= 15 is 0 Å². The smallest absolute Gasteiger partial charge is 0.305 e. The summed E-state index contributed by atoms with van der Waals surface area (Å²) in [6.07, 6.45) is 4.98. The Bertz CT molecular complexity index is 520. The van der Waals surface area contributed by atoms with Gasteiger partial charge < -0.3 is 19.9 Å². The predicted molar refractivity (Wildman–Crippen MR) is 96.1 cm³/mol. The summed E-state index contributed by atoms with van der Waals surface area (Å²) in [6.45, 7) is 7.62. The van der Waals surface area contributed by atoms with E-state index in [0.29, 0.717) is 12.9 Å². The first-order valence-electron chi connectivity index (χ1n) is 9.27. The van der Waals surface area contributed by atoms with Gasteiger partial charge in [0.15, 0.2) is 0 Å². The molecule has 0 aliphatic carbocycles. The Morgan fingerprint density at radius 1 is 1.38 bits per heavy atom. The van der Waals surface area contributed by atoms with Gasteiger partial charge in [-0.15, -0.1) is 0 Å². The number of hydrogen-bond donors (Lipinski definition) is 2. The summed E-state index contributed by atoms with van der Waals surface area (Å²) in [4.78, 5) is 34.9. The van der Waals surface area contributed by atoms with Crippen LogP contribution < -0.4 is 5.32 Å². The molecule has 1 rings (SSSR count). The van der Waals surface area contributed by atoms with E-state index in [-0.39, 0.29) is 37.2 Å². The average molecular weight is 369 g/mol. The highest BCUT2D eigenvalue weighted by Crippen LogP contribution is 2.37. The minimum absolute atomic E-state index is 0.0539. The molecule has 1 fully saturated rings. The van der Waals surface area contributed by atoms with Crippen molar-refractivity contribution in [2.75, 3.05) is 6.61 Å². The molecule has 1 heterocycles. The number of rotatable bonds is 11. The number of aliphatic hydroxyl groups excluding tert-OH is 1. The van der Waals surface area contributed by atoms with E-state index in [9.17, 15) is 19.5 Å². The van der Waals surface area contributed by atoms with Gasteiger partial charge in [-0.1, -0.05) is 32.9 Å². The third-order valence-corrected chi connectivity index (χ3v) is 5.05. The summed E-state index contributed by atoms with van der Waals surface area (Å²) in [5, 5.41) is 13.6. The first kappa shape index (κ1) is 22.2. The molecule has 0 aromatic carbocycles. The highest BCUT2D eigenvalue weighted by molar-refractivity contribution is 5.84. The summed E-state index contributed by atoms with van der Waals surface area (Å²) in [5.41, 5.74) is -1.22. The molecule has 0 radical (unpaired) electrons. The Labute approximate surface area is 155 Å². The van der Waals surface area contributed by atoms with Crippen LogP contribution in [0.25, 0.3) is 0 Å². The maximum Gasteiger partial charge on any atom is 0.305 e. The molecule has 26 heavy (non-hydrogen) atoms. The zero-order valence-electron chi connectivity index (χ0n) is 16.1. The van der Waals surface area contributed by atoms with Crippen LogP contribution in [0.2, 0.25) is 0 Å². The van der Waals surface area contributed by atoms with Crippen molar-refractivity contribution < 1.29 is 29.0 Å². The molecule has 0 spiro atoms. The lowest BCUT2D eigenvalue weighted by Crippen LogP contribution is -2.54. The van der Waals surface area contributed by atoms with E-state index in [2.05, 4.69) is 5.32 Å². The molecular weight excluding hydrogens is 338 g/mol. The molecule has 0 aromatic rings. The lowest BCUT2D eigenvalue weighted by Gasteiger charge is -2.37. The van der Waals surface area contributed by atoms with Crippen LogP contribution >= 0.6 is 0 Å². The van der Waals surface area contributed by atoms with Crippen molar-refractivity contribution in [2.45, 2.75) is 71.1 Å². The van der Waals surface area contributed by atoms with Crippen LogP contribution in [0.3, 0.4) is 0 Å². The van der Waals surface area contributed by atoms with Crippen molar-refractivity contribution in [2.24, 2.45) is 11.8 Å². The Kier molecular flexibility index (Phi) is 8.78. The molecule has 0 aromatic heterocycles. The van der Waals surface area contributed by atoms with Crippen molar-refractivity contribution in [1.29, 1.82) is 0 Å². The highest BCUT2D eigenvalue weighted by Gasteiger charge is 2.56. The Morgan fingerprint density at radius 2 is 2.08 bits per heavy atom. The number of carbonyl (C=O) groups excluding carboxylic acids is 3. The van der Waals surface area contributed by atoms with Gasteiger partial charge in [-0.25, -0.2) is 0 Å². The fourth-order valence-electron chi connectivity index (χ4n) is 3.42. The number of nitrogens with one attached hydrogen (secondary N) is 1. The van der Waals surface area contributed by atoms with Crippen LogP contribution in [-0.4, -0.2) is 47.8 Å². The van der Waals surface area contributed by atoms with E-state index in [0.717, 1.165) is 6.42 Å². The van der Waals surface area contributed by atoms with Crippen molar-refractivity contribution in [3.8, 4) is 0 Å². The number of esters is 1. The number of allylic oxidation sites excluding steroid dienone is 1. The van der Waals surface area contributed by atoms with Gasteiger partial charge in [0.2, 0.25) is 5.91 Å². The van der Waals surface area contributed by atoms with Crippen molar-refractivity contribution >= 4 is 18.3 Å². The van der Waals surface area contributed by atoms with Crippen LogP contribution in [0.4, 0.5) is 0 Å². The van der Waals surface area contributed by atoms with Crippen LogP contribution in [0.5, 0.6) is 0 Å². The van der Waals surface area contributed by atoms with Crippen LogP contribution in [0, 0.1) is 11.8 Å². The molecule has 7 nitrogen and oxygen atoms in total. The van der Waals surface area contributed by atoms with Crippen LogP contribution in [0.15, 0.2) is 12.2 Å². The van der Waals surface area contributed by atoms with E-state index in [1.54, 1.807) is 13.8 Å². The standard InChI is InChI=1S/C19H31NO6/c1-5-8-9-13(6-2)16(23)17-19(4,26-12-21)14(18(24)20-17)10-11-25-15(22)7-3/h8-9,12-14,16-17,23H,5-7,10-11H2,1-4H3,(H,20,24)/b9-8-/t13-,14-,16-,17-,19-/m0/s1. The van der Waals surface area contributed by atoms with E-state index in [1.807, 2.05) is 26.0 Å². The van der Waals surface area contributed by atoms with E-state index in [1.165, 1.54) is 0 Å². The van der Waals surface area contributed by atoms with Gasteiger partial charge in [-0.2, -0.15) is 0 Å². The average Bonchev–Trinajstić information content (AvgIpc) is 2.86. The third-order valence-electron chi connectivity index (χ3n) is 5.05. The Hall–Kier alpha value is -1.89. The van der Waals surface area contributed by atoms with Gasteiger partial charge in [-0.05, 0) is 26.2 Å². The zero-order valence-corrected chi connectivity index (χ0v) is 16.1. The number of aliphatic hydroxyl groups is 1. The lowest BCUT2D eigenvalue weighted by atomic mass is 9.79. The van der Waals surface area contributed by atoms with Crippen LogP contribution in [-0.2, 0) is 23.9 Å². The SMILES string of the molecule is CC/C=C\[C@H](CC)[C@H](O)[C@@H]1NC(=O)[C@H](CCOC(=O)CC)[C@]1(C)OC=O. The number of ether oxygens (including phenoxy) is 2. The largest absolute Gasteiger partial charge is 0.466 e. The molecule has 1 amide bonds. The fraction of sp³-hybridized carbons (Fsp3) is 0.737. The molecular formula is C19H31NO6. The number of hydrogen-bond acceptors (Lipinski definition) is 6. The van der Waals surface area contributed by atoms with Gasteiger partial charge in [0.05, 0.1) is 24.7 Å². The van der Waals surface area contributed by atoms with Crippen molar-refractivity contribution in [1.82, 2.24) is 5.32 Å². The van der Waals surface area contributed by atoms with Gasteiger partial charge in [0.25, 0.3) is 6.47 Å². The second-order valence-electron chi connectivity index (χ2n) is 6.70. The lowest BCUT2D eigenvalue weighted by molar-refractivity contribution is -0.155. The molecule has 7 heteroatoms.